The molecule has 0 bridgehead atoms. The minimum Gasteiger partial charge on any atom is -0.496 e. The highest BCUT2D eigenvalue weighted by atomic mass is 16.5. The maximum Gasteiger partial charge on any atom is 0.258 e. The average Bonchev–Trinajstić information content (AvgIpc) is 2.98. The van der Waals surface area contributed by atoms with Crippen molar-refractivity contribution in [3.8, 4) is 17.2 Å². The van der Waals surface area contributed by atoms with Crippen LogP contribution in [-0.2, 0) is 0 Å². The van der Waals surface area contributed by atoms with E-state index in [0.717, 1.165) is 23.3 Å². The lowest BCUT2D eigenvalue weighted by atomic mass is 10.1. The Balaban J connectivity index is 1.90. The molecule has 3 rings (SSSR count). The molecule has 102 valence electrons. The Morgan fingerprint density at radius 1 is 1.35 bits per heavy atom. The van der Waals surface area contributed by atoms with Gasteiger partial charge in [-0.15, -0.1) is 0 Å². The molecule has 0 saturated heterocycles. The Kier molecular flexibility index (Phi) is 3.33. The zero-order valence-electron chi connectivity index (χ0n) is 11.4. The van der Waals surface area contributed by atoms with Gasteiger partial charge in [-0.2, -0.15) is 4.98 Å². The monoisotopic (exact) mass is 269 g/mol. The minimum atomic E-state index is 0.0878. The molecule has 0 aliphatic carbocycles. The fourth-order valence-electron chi connectivity index (χ4n) is 2.11. The first kappa shape index (κ1) is 12.6. The summed E-state index contributed by atoms with van der Waals surface area (Å²) in [4.78, 5) is 8.56. The fraction of sp³-hybridized carbons (Fsp3) is 0.267. The molecular weight excluding hydrogens is 254 g/mol. The molecule has 1 aliphatic rings. The molecule has 0 N–H and O–H groups in total. The van der Waals surface area contributed by atoms with Crippen LogP contribution in [0.15, 0.2) is 40.0 Å². The summed E-state index contributed by atoms with van der Waals surface area (Å²) < 4.78 is 10.7. The van der Waals surface area contributed by atoms with E-state index in [4.69, 9.17) is 9.26 Å². The van der Waals surface area contributed by atoms with Gasteiger partial charge in [0.05, 0.1) is 13.0 Å². The topological polar surface area (TPSA) is 60.5 Å². The molecule has 2 aromatic rings. The predicted octanol–water partition coefficient (Wildman–Crippen LogP) is 3.13. The van der Waals surface area contributed by atoms with Crippen molar-refractivity contribution >= 4 is 6.21 Å². The van der Waals surface area contributed by atoms with E-state index in [9.17, 15) is 0 Å². The number of benzene rings is 1. The summed E-state index contributed by atoms with van der Waals surface area (Å²) in [7, 11) is 1.65. The second-order valence-corrected chi connectivity index (χ2v) is 4.67. The molecule has 0 spiro atoms. The summed E-state index contributed by atoms with van der Waals surface area (Å²) >= 11 is 0. The van der Waals surface area contributed by atoms with Crippen LogP contribution in [0.4, 0.5) is 0 Å². The Hall–Kier alpha value is -2.43. The highest BCUT2D eigenvalue weighted by molar-refractivity contribution is 5.68. The summed E-state index contributed by atoms with van der Waals surface area (Å²) in [5.41, 5.74) is 1.93. The second kappa shape index (κ2) is 5.28. The van der Waals surface area contributed by atoms with Gasteiger partial charge in [0, 0.05) is 18.0 Å². The Bertz CT molecular complexity index is 674. The van der Waals surface area contributed by atoms with Gasteiger partial charge in [-0.3, -0.25) is 4.99 Å². The number of methoxy groups -OCH3 is 1. The van der Waals surface area contributed by atoms with Crippen molar-refractivity contribution in [1.29, 1.82) is 0 Å². The van der Waals surface area contributed by atoms with Gasteiger partial charge in [0.25, 0.3) is 5.89 Å². The molecule has 0 radical (unpaired) electrons. The van der Waals surface area contributed by atoms with Crippen molar-refractivity contribution in [3.63, 3.8) is 0 Å². The SMILES string of the molecule is COc1cc(-c2nc(C3C=NC=CC3)no2)ccc1C. The van der Waals surface area contributed by atoms with Crippen LogP contribution in [0.3, 0.4) is 0 Å². The van der Waals surface area contributed by atoms with Crippen LogP contribution in [0, 0.1) is 6.92 Å². The third-order valence-corrected chi connectivity index (χ3v) is 3.28. The Labute approximate surface area is 117 Å². The van der Waals surface area contributed by atoms with Gasteiger partial charge in [-0.25, -0.2) is 0 Å². The normalized spacial score (nSPS) is 17.4. The van der Waals surface area contributed by atoms with E-state index in [-0.39, 0.29) is 5.92 Å². The first-order valence-electron chi connectivity index (χ1n) is 6.45. The number of rotatable bonds is 3. The third-order valence-electron chi connectivity index (χ3n) is 3.28. The van der Waals surface area contributed by atoms with Crippen LogP contribution in [0.2, 0.25) is 0 Å². The van der Waals surface area contributed by atoms with Crippen molar-refractivity contribution < 1.29 is 9.26 Å². The van der Waals surface area contributed by atoms with Gasteiger partial charge >= 0.3 is 0 Å². The van der Waals surface area contributed by atoms with Crippen LogP contribution < -0.4 is 4.74 Å². The molecule has 0 saturated carbocycles. The van der Waals surface area contributed by atoms with Crippen molar-refractivity contribution in [2.45, 2.75) is 19.3 Å². The van der Waals surface area contributed by atoms with E-state index >= 15 is 0 Å². The van der Waals surface area contributed by atoms with E-state index in [1.807, 2.05) is 37.4 Å². The molecule has 2 heterocycles. The number of hydrogen-bond donors (Lipinski definition) is 0. The van der Waals surface area contributed by atoms with Crippen molar-refractivity contribution in [1.82, 2.24) is 10.1 Å². The molecular formula is C15H15N3O2. The highest BCUT2D eigenvalue weighted by Gasteiger charge is 2.18. The summed E-state index contributed by atoms with van der Waals surface area (Å²) in [6.07, 6.45) is 6.46. The van der Waals surface area contributed by atoms with Crippen LogP contribution >= 0.6 is 0 Å². The molecule has 5 heteroatoms. The van der Waals surface area contributed by atoms with Crippen LogP contribution in [0.5, 0.6) is 5.75 Å². The van der Waals surface area contributed by atoms with E-state index in [1.165, 1.54) is 0 Å². The molecule has 1 aliphatic heterocycles. The van der Waals surface area contributed by atoms with Crippen LogP contribution in [-0.4, -0.2) is 23.5 Å². The summed E-state index contributed by atoms with van der Waals surface area (Å²) in [5, 5.41) is 4.04. The minimum absolute atomic E-state index is 0.0878. The van der Waals surface area contributed by atoms with Gasteiger partial charge in [-0.05, 0) is 31.0 Å². The fourth-order valence-corrected chi connectivity index (χ4v) is 2.11. The maximum atomic E-state index is 5.34. The summed E-state index contributed by atoms with van der Waals surface area (Å²) in [5.74, 6) is 2.06. The standard InChI is InChI=1S/C15H15N3O2/c1-10-5-6-11(8-13(10)19-2)15-17-14(18-20-15)12-4-3-7-16-9-12/h3,5-9,12H,4H2,1-2H3. The molecule has 20 heavy (non-hydrogen) atoms. The van der Waals surface area contributed by atoms with Gasteiger partial charge < -0.3 is 9.26 Å². The molecule has 1 aromatic heterocycles. The zero-order chi connectivity index (χ0) is 13.9. The highest BCUT2D eigenvalue weighted by Crippen LogP contribution is 2.27. The lowest BCUT2D eigenvalue weighted by molar-refractivity contribution is 0.409. The van der Waals surface area contributed by atoms with E-state index in [0.29, 0.717) is 11.7 Å². The van der Waals surface area contributed by atoms with Gasteiger partial charge in [0.1, 0.15) is 5.75 Å². The number of aliphatic imine (C=N–C) groups is 1. The number of ether oxygens (including phenoxy) is 1. The Morgan fingerprint density at radius 3 is 3.00 bits per heavy atom. The molecule has 1 unspecified atom stereocenters. The third kappa shape index (κ3) is 2.34. The first-order chi connectivity index (χ1) is 9.78. The van der Waals surface area contributed by atoms with Gasteiger partial charge in [0.15, 0.2) is 5.82 Å². The molecule has 1 aromatic carbocycles. The van der Waals surface area contributed by atoms with E-state index in [1.54, 1.807) is 13.3 Å². The number of aromatic nitrogens is 2. The maximum absolute atomic E-state index is 5.34. The van der Waals surface area contributed by atoms with Crippen LogP contribution in [0.25, 0.3) is 11.5 Å². The summed E-state index contributed by atoms with van der Waals surface area (Å²) in [6, 6.07) is 5.83. The van der Waals surface area contributed by atoms with E-state index in [2.05, 4.69) is 15.1 Å². The van der Waals surface area contributed by atoms with Gasteiger partial charge in [-0.1, -0.05) is 17.3 Å². The molecule has 0 amide bonds. The van der Waals surface area contributed by atoms with Crippen molar-refractivity contribution in [2.75, 3.05) is 7.11 Å². The molecule has 1 atom stereocenters. The van der Waals surface area contributed by atoms with Crippen LogP contribution in [0.1, 0.15) is 23.7 Å². The lowest BCUT2D eigenvalue weighted by Gasteiger charge is -2.06. The largest absolute Gasteiger partial charge is 0.496 e. The molecule has 0 fully saturated rings. The predicted molar refractivity (Wildman–Crippen MR) is 76.0 cm³/mol. The first-order valence-corrected chi connectivity index (χ1v) is 6.45. The second-order valence-electron chi connectivity index (χ2n) is 4.67. The van der Waals surface area contributed by atoms with Crippen molar-refractivity contribution in [2.24, 2.45) is 4.99 Å². The number of aryl methyl sites for hydroxylation is 1. The van der Waals surface area contributed by atoms with Gasteiger partial charge in [0.2, 0.25) is 0 Å². The summed E-state index contributed by atoms with van der Waals surface area (Å²) in [6.45, 7) is 1.99. The number of hydrogen-bond acceptors (Lipinski definition) is 5. The average molecular weight is 269 g/mol. The Morgan fingerprint density at radius 2 is 2.25 bits per heavy atom. The number of nitrogens with zero attached hydrogens (tertiary/aromatic N) is 3. The van der Waals surface area contributed by atoms with Crippen molar-refractivity contribution in [3.05, 3.63) is 41.9 Å². The van der Waals surface area contributed by atoms with E-state index < -0.39 is 0 Å². The smallest absolute Gasteiger partial charge is 0.258 e. The molecule has 5 nitrogen and oxygen atoms in total. The lowest BCUT2D eigenvalue weighted by Crippen LogP contribution is -2.03. The number of allylic oxidation sites excluding steroid dienone is 1. The zero-order valence-corrected chi connectivity index (χ0v) is 11.4. The quantitative estimate of drug-likeness (QED) is 0.858.